The highest BCUT2D eigenvalue weighted by Gasteiger charge is 2.17. The Morgan fingerprint density at radius 2 is 1.71 bits per heavy atom. The molecule has 150 valence electrons. The van der Waals surface area contributed by atoms with E-state index in [1.807, 2.05) is 0 Å². The summed E-state index contributed by atoms with van der Waals surface area (Å²) in [6, 6.07) is 7.53. The Bertz CT molecular complexity index is 872. The van der Waals surface area contributed by atoms with Crippen molar-refractivity contribution in [1.29, 1.82) is 0 Å². The first kappa shape index (κ1) is 21.2. The van der Waals surface area contributed by atoms with Gasteiger partial charge in [-0.2, -0.15) is 0 Å². The van der Waals surface area contributed by atoms with E-state index in [9.17, 15) is 14.7 Å². The van der Waals surface area contributed by atoms with Crippen LogP contribution in [0, 0.1) is 0 Å². The zero-order valence-electron chi connectivity index (χ0n) is 15.7. The summed E-state index contributed by atoms with van der Waals surface area (Å²) in [6.07, 6.45) is 0.418. The molecule has 0 bridgehead atoms. The number of methoxy groups -OCH3 is 3. The Kier molecular flexibility index (Phi) is 7.34. The molecule has 0 aliphatic carbocycles. The molecule has 8 nitrogen and oxygen atoms in total. The number of nitrogens with one attached hydrogen (secondary N) is 2. The topological polar surface area (TPSA) is 106 Å². The Balaban J connectivity index is 1.97. The van der Waals surface area contributed by atoms with Crippen molar-refractivity contribution in [3.8, 4) is 23.0 Å². The zero-order valence-corrected chi connectivity index (χ0v) is 16.4. The summed E-state index contributed by atoms with van der Waals surface area (Å²) in [5, 5.41) is 9.99. The summed E-state index contributed by atoms with van der Waals surface area (Å²) in [5.74, 6) is 0.0753. The molecule has 0 saturated carbocycles. The van der Waals surface area contributed by atoms with E-state index < -0.39 is 11.8 Å². The second-order valence-corrected chi connectivity index (χ2v) is 6.09. The molecule has 0 heterocycles. The average Bonchev–Trinajstić information content (AvgIpc) is 2.71. The summed E-state index contributed by atoms with van der Waals surface area (Å²) in [5.41, 5.74) is 5.23. The number of phenols is 1. The van der Waals surface area contributed by atoms with Crippen molar-refractivity contribution >= 4 is 23.4 Å². The predicted molar refractivity (Wildman–Crippen MR) is 103 cm³/mol. The number of aromatic hydroxyl groups is 1. The molecule has 0 atom stereocenters. The molecule has 3 N–H and O–H groups in total. The minimum atomic E-state index is -0.683. The van der Waals surface area contributed by atoms with Crippen molar-refractivity contribution < 1.29 is 28.9 Å². The van der Waals surface area contributed by atoms with Gasteiger partial charge >= 0.3 is 0 Å². The standard InChI is InChI=1S/C19H21ClN2O6/c1-26-15-8-4-11(17(27-2)18(15)28-3)5-9-16(24)21-22-19(25)13-10-12(20)6-7-14(13)23/h4,6-8,10,23H,5,9H2,1-3H3,(H,21,24)(H,22,25). The van der Waals surface area contributed by atoms with Gasteiger partial charge in [0, 0.05) is 11.4 Å². The fraction of sp³-hybridized carbons (Fsp3) is 0.263. The van der Waals surface area contributed by atoms with Gasteiger partial charge in [0.25, 0.3) is 5.91 Å². The molecule has 2 rings (SSSR count). The fourth-order valence-electron chi connectivity index (χ4n) is 2.55. The van der Waals surface area contributed by atoms with Crippen LogP contribution in [0.15, 0.2) is 30.3 Å². The quantitative estimate of drug-likeness (QED) is 0.608. The fourth-order valence-corrected chi connectivity index (χ4v) is 2.73. The summed E-state index contributed by atoms with van der Waals surface area (Å²) >= 11 is 5.81. The molecule has 0 spiro atoms. The molecule has 2 aromatic carbocycles. The van der Waals surface area contributed by atoms with Gasteiger partial charge in [-0.25, -0.2) is 0 Å². The minimum absolute atomic E-state index is 0.0469. The monoisotopic (exact) mass is 408 g/mol. The van der Waals surface area contributed by atoms with Crippen LogP contribution in [0.4, 0.5) is 0 Å². The van der Waals surface area contributed by atoms with Crippen molar-refractivity contribution in [2.75, 3.05) is 21.3 Å². The summed E-state index contributed by atoms with van der Waals surface area (Å²) in [7, 11) is 4.51. The first-order valence-corrected chi connectivity index (χ1v) is 8.64. The van der Waals surface area contributed by atoms with Crippen LogP contribution in [0.2, 0.25) is 5.02 Å². The van der Waals surface area contributed by atoms with Crippen LogP contribution in [0.3, 0.4) is 0 Å². The van der Waals surface area contributed by atoms with Crippen molar-refractivity contribution in [1.82, 2.24) is 10.9 Å². The maximum atomic E-state index is 12.1. The third-order valence-electron chi connectivity index (χ3n) is 3.93. The Morgan fingerprint density at radius 1 is 1.00 bits per heavy atom. The van der Waals surface area contributed by atoms with Crippen LogP contribution in [0.25, 0.3) is 0 Å². The van der Waals surface area contributed by atoms with E-state index in [-0.39, 0.29) is 22.8 Å². The highest BCUT2D eigenvalue weighted by atomic mass is 35.5. The van der Waals surface area contributed by atoms with Gasteiger partial charge in [0.15, 0.2) is 11.5 Å². The van der Waals surface area contributed by atoms with Gasteiger partial charge in [0.1, 0.15) is 5.75 Å². The Morgan fingerprint density at radius 3 is 2.36 bits per heavy atom. The second kappa shape index (κ2) is 9.70. The Hall–Kier alpha value is -3.13. The van der Waals surface area contributed by atoms with Gasteiger partial charge in [0.05, 0.1) is 26.9 Å². The van der Waals surface area contributed by atoms with Crippen molar-refractivity contribution in [2.45, 2.75) is 12.8 Å². The first-order chi connectivity index (χ1) is 13.4. The van der Waals surface area contributed by atoms with Crippen molar-refractivity contribution in [3.05, 3.63) is 46.5 Å². The number of hydrogen-bond donors (Lipinski definition) is 3. The van der Waals surface area contributed by atoms with Crippen LogP contribution in [0.5, 0.6) is 23.0 Å². The molecule has 2 aromatic rings. The minimum Gasteiger partial charge on any atom is -0.507 e. The molecule has 0 radical (unpaired) electrons. The number of benzene rings is 2. The normalized spacial score (nSPS) is 10.1. The summed E-state index contributed by atoms with van der Waals surface area (Å²) < 4.78 is 15.9. The van der Waals surface area contributed by atoms with Gasteiger partial charge in [-0.3, -0.25) is 20.4 Å². The number of ether oxygens (including phenoxy) is 3. The van der Waals surface area contributed by atoms with Crippen LogP contribution >= 0.6 is 11.6 Å². The van der Waals surface area contributed by atoms with E-state index in [2.05, 4.69) is 10.9 Å². The molecule has 0 aromatic heterocycles. The molecule has 0 fully saturated rings. The molecule has 9 heteroatoms. The van der Waals surface area contributed by atoms with Crippen molar-refractivity contribution in [3.63, 3.8) is 0 Å². The lowest BCUT2D eigenvalue weighted by atomic mass is 10.1. The molecule has 0 aliphatic heterocycles. The highest BCUT2D eigenvalue weighted by molar-refractivity contribution is 6.31. The average molecular weight is 409 g/mol. The van der Waals surface area contributed by atoms with E-state index in [0.717, 1.165) is 5.56 Å². The number of carbonyl (C=O) groups excluding carboxylic acids is 2. The van der Waals surface area contributed by atoms with Gasteiger partial charge in [-0.05, 0) is 36.2 Å². The third kappa shape index (κ3) is 4.98. The van der Waals surface area contributed by atoms with Gasteiger partial charge in [0.2, 0.25) is 11.7 Å². The maximum Gasteiger partial charge on any atom is 0.273 e. The molecule has 0 saturated heterocycles. The van der Waals surface area contributed by atoms with Crippen LogP contribution in [0.1, 0.15) is 22.3 Å². The smallest absolute Gasteiger partial charge is 0.273 e. The van der Waals surface area contributed by atoms with E-state index >= 15 is 0 Å². The zero-order chi connectivity index (χ0) is 20.7. The summed E-state index contributed by atoms with van der Waals surface area (Å²) in [6.45, 7) is 0. The molecular formula is C19H21ClN2O6. The number of aryl methyl sites for hydroxylation is 1. The number of carbonyl (C=O) groups is 2. The maximum absolute atomic E-state index is 12.1. The van der Waals surface area contributed by atoms with Crippen LogP contribution in [-0.4, -0.2) is 38.3 Å². The lowest BCUT2D eigenvalue weighted by Gasteiger charge is -2.15. The summed E-state index contributed by atoms with van der Waals surface area (Å²) in [4.78, 5) is 24.1. The van der Waals surface area contributed by atoms with Crippen LogP contribution < -0.4 is 25.1 Å². The number of rotatable bonds is 7. The van der Waals surface area contributed by atoms with Gasteiger partial charge in [-0.15, -0.1) is 0 Å². The number of halogens is 1. The third-order valence-corrected chi connectivity index (χ3v) is 4.16. The van der Waals surface area contributed by atoms with E-state index in [1.165, 1.54) is 39.5 Å². The second-order valence-electron chi connectivity index (χ2n) is 5.66. The van der Waals surface area contributed by atoms with Crippen molar-refractivity contribution in [2.24, 2.45) is 0 Å². The number of phenolic OH excluding ortho intramolecular Hbond substituents is 1. The molecule has 2 amide bonds. The molecule has 0 unspecified atom stereocenters. The Labute approximate surface area is 167 Å². The SMILES string of the molecule is COc1ccc(CCC(=O)NNC(=O)c2cc(Cl)ccc2O)c(OC)c1OC. The highest BCUT2D eigenvalue weighted by Crippen LogP contribution is 2.40. The number of hydrazine groups is 1. The van der Waals surface area contributed by atoms with Crippen LogP contribution in [-0.2, 0) is 11.2 Å². The molecular weight excluding hydrogens is 388 g/mol. The molecule has 0 aliphatic rings. The van der Waals surface area contributed by atoms with E-state index in [1.54, 1.807) is 12.1 Å². The largest absolute Gasteiger partial charge is 0.507 e. The number of amides is 2. The lowest BCUT2D eigenvalue weighted by molar-refractivity contribution is -0.121. The first-order valence-electron chi connectivity index (χ1n) is 8.26. The van der Waals surface area contributed by atoms with Gasteiger partial charge < -0.3 is 19.3 Å². The van der Waals surface area contributed by atoms with E-state index in [0.29, 0.717) is 23.7 Å². The predicted octanol–water partition coefficient (Wildman–Crippen LogP) is 2.47. The molecule has 28 heavy (non-hydrogen) atoms. The van der Waals surface area contributed by atoms with Gasteiger partial charge in [-0.1, -0.05) is 17.7 Å². The van der Waals surface area contributed by atoms with E-state index in [4.69, 9.17) is 25.8 Å². The lowest BCUT2D eigenvalue weighted by Crippen LogP contribution is -2.41. The number of hydrogen-bond acceptors (Lipinski definition) is 6.